The number of rotatable bonds is 5. The molecule has 0 heterocycles. The fourth-order valence-electron chi connectivity index (χ4n) is 1.66. The molecular formula is C16H15BrO2S. The third-order valence-corrected chi connectivity index (χ3v) is 4.34. The first-order valence-electron chi connectivity index (χ1n) is 6.11. The highest BCUT2D eigenvalue weighted by atomic mass is 79.9. The first-order chi connectivity index (χ1) is 9.67. The van der Waals surface area contributed by atoms with Crippen LogP contribution in [0.1, 0.15) is 11.1 Å². The lowest BCUT2D eigenvalue weighted by Crippen LogP contribution is -1.92. The number of ether oxygens (including phenoxy) is 1. The van der Waals surface area contributed by atoms with Crippen molar-refractivity contribution in [3.8, 4) is 5.75 Å². The molecule has 0 spiro atoms. The lowest BCUT2D eigenvalue weighted by atomic mass is 10.2. The maximum Gasteiger partial charge on any atom is 0.118 e. The summed E-state index contributed by atoms with van der Waals surface area (Å²) in [7, 11) is 0.615. The Hall–Kier alpha value is -1.39. The molecule has 104 valence electrons. The lowest BCUT2D eigenvalue weighted by Gasteiger charge is -2.01. The maximum absolute atomic E-state index is 12.0. The maximum atomic E-state index is 12.0. The molecule has 0 amide bonds. The largest absolute Gasteiger partial charge is 0.497 e. The van der Waals surface area contributed by atoms with Gasteiger partial charge in [-0.3, -0.25) is 4.21 Å². The van der Waals surface area contributed by atoms with Crippen molar-refractivity contribution >= 4 is 32.8 Å². The van der Waals surface area contributed by atoms with Gasteiger partial charge in [-0.1, -0.05) is 40.2 Å². The molecule has 0 saturated carbocycles. The Balaban J connectivity index is 1.96. The molecule has 1 atom stereocenters. The van der Waals surface area contributed by atoms with Crippen molar-refractivity contribution < 1.29 is 8.95 Å². The van der Waals surface area contributed by atoms with Crippen LogP contribution in [-0.2, 0) is 16.6 Å². The van der Waals surface area contributed by atoms with Crippen molar-refractivity contribution in [2.45, 2.75) is 5.75 Å². The van der Waals surface area contributed by atoms with E-state index in [-0.39, 0.29) is 0 Å². The summed E-state index contributed by atoms with van der Waals surface area (Å²) in [6, 6.07) is 15.5. The predicted molar refractivity (Wildman–Crippen MR) is 88.0 cm³/mol. The average Bonchev–Trinajstić information content (AvgIpc) is 2.47. The zero-order chi connectivity index (χ0) is 14.4. The SMILES string of the molecule is COc1ccc(CS(=O)/C=C/c2ccc(Br)cc2)cc1. The number of methoxy groups -OCH3 is 1. The summed E-state index contributed by atoms with van der Waals surface area (Å²) in [4.78, 5) is 0. The summed E-state index contributed by atoms with van der Waals surface area (Å²) in [5, 5.41) is 1.73. The first-order valence-corrected chi connectivity index (χ1v) is 8.29. The topological polar surface area (TPSA) is 26.3 Å². The molecule has 0 bridgehead atoms. The molecule has 0 fully saturated rings. The summed E-state index contributed by atoms with van der Waals surface area (Å²) in [5.74, 6) is 1.32. The van der Waals surface area contributed by atoms with Gasteiger partial charge in [0.05, 0.1) is 23.7 Å². The van der Waals surface area contributed by atoms with Crippen molar-refractivity contribution in [1.29, 1.82) is 0 Å². The zero-order valence-electron chi connectivity index (χ0n) is 11.1. The Labute approximate surface area is 130 Å². The van der Waals surface area contributed by atoms with Crippen LogP contribution in [0.15, 0.2) is 58.4 Å². The summed E-state index contributed by atoms with van der Waals surface area (Å²) in [5.41, 5.74) is 2.07. The molecule has 0 aliphatic heterocycles. The van der Waals surface area contributed by atoms with Gasteiger partial charge in [-0.2, -0.15) is 0 Å². The summed E-state index contributed by atoms with van der Waals surface area (Å²) < 4.78 is 18.1. The van der Waals surface area contributed by atoms with Crippen molar-refractivity contribution in [1.82, 2.24) is 0 Å². The van der Waals surface area contributed by atoms with Crippen LogP contribution >= 0.6 is 15.9 Å². The highest BCUT2D eigenvalue weighted by molar-refractivity contribution is 9.10. The highest BCUT2D eigenvalue weighted by Gasteiger charge is 1.99. The van der Waals surface area contributed by atoms with Crippen molar-refractivity contribution in [3.63, 3.8) is 0 Å². The van der Waals surface area contributed by atoms with E-state index >= 15 is 0 Å². The van der Waals surface area contributed by atoms with E-state index in [4.69, 9.17) is 4.74 Å². The van der Waals surface area contributed by atoms with E-state index in [9.17, 15) is 4.21 Å². The molecule has 2 rings (SSSR count). The number of benzene rings is 2. The molecule has 2 nitrogen and oxygen atoms in total. The van der Waals surface area contributed by atoms with E-state index in [0.717, 1.165) is 21.3 Å². The Morgan fingerprint density at radius 1 is 1.10 bits per heavy atom. The second kappa shape index (κ2) is 7.41. The number of hydrogen-bond acceptors (Lipinski definition) is 2. The van der Waals surface area contributed by atoms with E-state index in [0.29, 0.717) is 5.75 Å². The van der Waals surface area contributed by atoms with E-state index in [2.05, 4.69) is 15.9 Å². The molecule has 0 aliphatic rings. The van der Waals surface area contributed by atoms with Gasteiger partial charge in [-0.25, -0.2) is 0 Å². The van der Waals surface area contributed by atoms with Crippen LogP contribution in [0, 0.1) is 0 Å². The molecular weight excluding hydrogens is 336 g/mol. The van der Waals surface area contributed by atoms with Gasteiger partial charge in [0.25, 0.3) is 0 Å². The van der Waals surface area contributed by atoms with Crippen molar-refractivity contribution in [2.75, 3.05) is 7.11 Å². The van der Waals surface area contributed by atoms with Crippen LogP contribution in [0.2, 0.25) is 0 Å². The monoisotopic (exact) mass is 350 g/mol. The van der Waals surface area contributed by atoms with E-state index in [1.165, 1.54) is 0 Å². The fourth-order valence-corrected chi connectivity index (χ4v) is 2.85. The average molecular weight is 351 g/mol. The summed E-state index contributed by atoms with van der Waals surface area (Å²) in [6.07, 6.45) is 1.88. The van der Waals surface area contributed by atoms with Crippen LogP contribution in [0.4, 0.5) is 0 Å². The van der Waals surface area contributed by atoms with Crippen LogP contribution < -0.4 is 4.74 Å². The van der Waals surface area contributed by atoms with Crippen molar-refractivity contribution in [2.24, 2.45) is 0 Å². The standard InChI is InChI=1S/C16H15BrO2S/c1-19-16-8-4-14(5-9-16)12-20(18)11-10-13-2-6-15(17)7-3-13/h2-11H,12H2,1H3/b11-10+. The normalized spacial score (nSPS) is 12.5. The van der Waals surface area contributed by atoms with E-state index in [1.807, 2.05) is 54.6 Å². The van der Waals surface area contributed by atoms with Gasteiger partial charge in [-0.05, 0) is 41.5 Å². The van der Waals surface area contributed by atoms with Gasteiger partial charge >= 0.3 is 0 Å². The van der Waals surface area contributed by atoms with Gasteiger partial charge < -0.3 is 4.74 Å². The minimum absolute atomic E-state index is 0.511. The first kappa shape index (κ1) is 15.0. The van der Waals surface area contributed by atoms with Gasteiger partial charge in [0.15, 0.2) is 0 Å². The van der Waals surface area contributed by atoms with Gasteiger partial charge in [0.1, 0.15) is 5.75 Å². The molecule has 4 heteroatoms. The molecule has 0 N–H and O–H groups in total. The smallest absolute Gasteiger partial charge is 0.118 e. The minimum Gasteiger partial charge on any atom is -0.497 e. The van der Waals surface area contributed by atoms with Crippen LogP contribution in [0.25, 0.3) is 6.08 Å². The zero-order valence-corrected chi connectivity index (χ0v) is 13.5. The molecule has 0 saturated heterocycles. The predicted octanol–water partition coefficient (Wildman–Crippen LogP) is 4.38. The molecule has 0 aromatic heterocycles. The van der Waals surface area contributed by atoms with Gasteiger partial charge in [-0.15, -0.1) is 0 Å². The van der Waals surface area contributed by atoms with Gasteiger partial charge in [0, 0.05) is 9.88 Å². The third-order valence-electron chi connectivity index (χ3n) is 2.75. The minimum atomic E-state index is -1.02. The highest BCUT2D eigenvalue weighted by Crippen LogP contribution is 2.14. The second-order valence-corrected chi connectivity index (χ2v) is 6.47. The fraction of sp³-hybridized carbons (Fsp3) is 0.125. The second-order valence-electron chi connectivity index (χ2n) is 4.23. The molecule has 2 aromatic carbocycles. The van der Waals surface area contributed by atoms with E-state index < -0.39 is 10.8 Å². The Bertz CT molecular complexity index is 603. The number of hydrogen-bond donors (Lipinski definition) is 0. The molecule has 20 heavy (non-hydrogen) atoms. The lowest BCUT2D eigenvalue weighted by molar-refractivity contribution is 0.414. The Kier molecular flexibility index (Phi) is 5.56. The van der Waals surface area contributed by atoms with Crippen molar-refractivity contribution in [3.05, 3.63) is 69.5 Å². The van der Waals surface area contributed by atoms with Crippen LogP contribution in [0.5, 0.6) is 5.75 Å². The molecule has 2 aromatic rings. The summed E-state index contributed by atoms with van der Waals surface area (Å²) >= 11 is 3.39. The van der Waals surface area contributed by atoms with Crippen LogP contribution in [-0.4, -0.2) is 11.3 Å². The third kappa shape index (κ3) is 4.62. The molecule has 1 unspecified atom stereocenters. The molecule has 0 aliphatic carbocycles. The van der Waals surface area contributed by atoms with E-state index in [1.54, 1.807) is 12.5 Å². The van der Waals surface area contributed by atoms with Gasteiger partial charge in [0.2, 0.25) is 0 Å². The Morgan fingerprint density at radius 3 is 2.35 bits per heavy atom. The Morgan fingerprint density at radius 2 is 1.75 bits per heavy atom. The summed E-state index contributed by atoms with van der Waals surface area (Å²) in [6.45, 7) is 0. The quantitative estimate of drug-likeness (QED) is 0.799. The molecule has 0 radical (unpaired) electrons. The number of halogens is 1. The van der Waals surface area contributed by atoms with Crippen LogP contribution in [0.3, 0.4) is 0 Å².